The molecule has 2 fully saturated rings. The summed E-state index contributed by atoms with van der Waals surface area (Å²) < 4.78 is 0. The van der Waals surface area contributed by atoms with Crippen LogP contribution in [0.3, 0.4) is 0 Å². The molecule has 1 unspecified atom stereocenters. The number of likely N-dealkylation sites (tertiary alicyclic amines) is 1. The molecule has 2 aliphatic heterocycles. The fourth-order valence-electron chi connectivity index (χ4n) is 3.51. The number of amides is 1. The van der Waals surface area contributed by atoms with Gasteiger partial charge < -0.3 is 10.4 Å². The number of hydrogen-bond donors (Lipinski definition) is 2. The Morgan fingerprint density at radius 1 is 1.41 bits per heavy atom. The van der Waals surface area contributed by atoms with Crippen LogP contribution in [0.4, 0.5) is 0 Å². The highest BCUT2D eigenvalue weighted by Crippen LogP contribution is 2.37. The Morgan fingerprint density at radius 3 is 2.73 bits per heavy atom. The number of aryl methyl sites for hydroxylation is 1. The van der Waals surface area contributed by atoms with Gasteiger partial charge in [0, 0.05) is 38.4 Å². The van der Waals surface area contributed by atoms with E-state index in [1.165, 1.54) is 0 Å². The van der Waals surface area contributed by atoms with Crippen molar-refractivity contribution in [2.75, 3.05) is 13.1 Å². The van der Waals surface area contributed by atoms with Crippen LogP contribution in [0.25, 0.3) is 0 Å². The number of aliphatic carboxylic acids is 1. The van der Waals surface area contributed by atoms with E-state index < -0.39 is 17.4 Å². The van der Waals surface area contributed by atoms with Crippen LogP contribution >= 0.6 is 0 Å². The van der Waals surface area contributed by atoms with E-state index in [4.69, 9.17) is 0 Å². The van der Waals surface area contributed by atoms with Gasteiger partial charge in [0.2, 0.25) is 5.91 Å². The Morgan fingerprint density at radius 2 is 2.09 bits per heavy atom. The van der Waals surface area contributed by atoms with Crippen LogP contribution in [0.1, 0.15) is 30.7 Å². The first-order chi connectivity index (χ1) is 10.5. The SMILES string of the molecule is Cc1nccnc1CN1CCC2(CC1)NC(=O)CC2C(=O)O. The first-order valence-corrected chi connectivity index (χ1v) is 7.53. The molecule has 1 aromatic heterocycles. The normalized spacial score (nSPS) is 24.4. The minimum Gasteiger partial charge on any atom is -0.481 e. The maximum absolute atomic E-state index is 11.6. The predicted octanol–water partition coefficient (Wildman–Crippen LogP) is 0.340. The zero-order valence-electron chi connectivity index (χ0n) is 12.6. The summed E-state index contributed by atoms with van der Waals surface area (Å²) in [5.41, 5.74) is 1.29. The van der Waals surface area contributed by atoms with Crippen molar-refractivity contribution >= 4 is 11.9 Å². The lowest BCUT2D eigenvalue weighted by atomic mass is 9.77. The molecule has 0 aromatic carbocycles. The van der Waals surface area contributed by atoms with Crippen LogP contribution in [0, 0.1) is 12.8 Å². The second-order valence-electron chi connectivity index (χ2n) is 6.16. The third-order valence-corrected chi connectivity index (χ3v) is 4.85. The fourth-order valence-corrected chi connectivity index (χ4v) is 3.51. The predicted molar refractivity (Wildman–Crippen MR) is 77.9 cm³/mol. The quantitative estimate of drug-likeness (QED) is 0.836. The topological polar surface area (TPSA) is 95.4 Å². The van der Waals surface area contributed by atoms with Gasteiger partial charge in [-0.25, -0.2) is 0 Å². The van der Waals surface area contributed by atoms with Crippen LogP contribution in [0.2, 0.25) is 0 Å². The molecule has 0 saturated carbocycles. The molecule has 2 N–H and O–H groups in total. The van der Waals surface area contributed by atoms with Crippen LogP contribution < -0.4 is 5.32 Å². The van der Waals surface area contributed by atoms with E-state index in [-0.39, 0.29) is 12.3 Å². The Labute approximate surface area is 128 Å². The Balaban J connectivity index is 1.66. The molecular weight excluding hydrogens is 284 g/mol. The average molecular weight is 304 g/mol. The molecule has 118 valence electrons. The Bertz CT molecular complexity index is 596. The minimum absolute atomic E-state index is 0.0958. The standard InChI is InChI=1S/C15H20N4O3/c1-10-12(17-5-4-16-10)9-19-6-2-15(3-7-19)11(14(21)22)8-13(20)18-15/h4-5,11H,2-3,6-9H2,1H3,(H,18,20)(H,21,22). The third kappa shape index (κ3) is 2.68. The van der Waals surface area contributed by atoms with Gasteiger partial charge in [0.25, 0.3) is 0 Å². The van der Waals surface area contributed by atoms with Crippen LogP contribution in [0.5, 0.6) is 0 Å². The van der Waals surface area contributed by atoms with E-state index in [2.05, 4.69) is 20.2 Å². The smallest absolute Gasteiger partial charge is 0.309 e. The van der Waals surface area contributed by atoms with E-state index in [9.17, 15) is 14.7 Å². The third-order valence-electron chi connectivity index (χ3n) is 4.85. The van der Waals surface area contributed by atoms with Crippen molar-refractivity contribution < 1.29 is 14.7 Å². The van der Waals surface area contributed by atoms with Crippen LogP contribution in [-0.2, 0) is 16.1 Å². The van der Waals surface area contributed by atoms with Gasteiger partial charge >= 0.3 is 5.97 Å². The van der Waals surface area contributed by atoms with Gasteiger partial charge in [-0.3, -0.25) is 24.5 Å². The monoisotopic (exact) mass is 304 g/mol. The lowest BCUT2D eigenvalue weighted by Gasteiger charge is -2.41. The summed E-state index contributed by atoms with van der Waals surface area (Å²) in [6.07, 6.45) is 4.78. The molecular formula is C15H20N4O3. The summed E-state index contributed by atoms with van der Waals surface area (Å²) >= 11 is 0. The highest BCUT2D eigenvalue weighted by Gasteiger charge is 2.51. The van der Waals surface area contributed by atoms with Gasteiger partial charge in [0.1, 0.15) is 0 Å². The second-order valence-corrected chi connectivity index (χ2v) is 6.16. The summed E-state index contributed by atoms with van der Waals surface area (Å²) in [7, 11) is 0. The molecule has 0 radical (unpaired) electrons. The molecule has 0 bridgehead atoms. The minimum atomic E-state index is -0.878. The largest absolute Gasteiger partial charge is 0.481 e. The Kier molecular flexibility index (Phi) is 3.82. The maximum atomic E-state index is 11.6. The van der Waals surface area contributed by atoms with Gasteiger partial charge in [-0.15, -0.1) is 0 Å². The summed E-state index contributed by atoms with van der Waals surface area (Å²) in [6, 6.07) is 0. The average Bonchev–Trinajstić information content (AvgIpc) is 2.81. The van der Waals surface area contributed by atoms with Crippen molar-refractivity contribution in [2.24, 2.45) is 5.92 Å². The molecule has 2 saturated heterocycles. The molecule has 1 aromatic rings. The van der Waals surface area contributed by atoms with Gasteiger partial charge in [0.15, 0.2) is 0 Å². The number of rotatable bonds is 3. The number of nitrogens with one attached hydrogen (secondary N) is 1. The van der Waals surface area contributed by atoms with Gasteiger partial charge in [-0.1, -0.05) is 0 Å². The number of carboxylic acids is 1. The number of carboxylic acid groups (broad SMARTS) is 1. The first kappa shape index (κ1) is 14.9. The molecule has 1 atom stereocenters. The first-order valence-electron chi connectivity index (χ1n) is 7.53. The molecule has 0 aliphatic carbocycles. The molecule has 3 rings (SSSR count). The van der Waals surface area contributed by atoms with Crippen LogP contribution in [0.15, 0.2) is 12.4 Å². The summed E-state index contributed by atoms with van der Waals surface area (Å²) in [5.74, 6) is -1.64. The number of piperidine rings is 1. The van der Waals surface area contributed by atoms with Gasteiger partial charge in [-0.2, -0.15) is 0 Å². The van der Waals surface area contributed by atoms with Crippen molar-refractivity contribution in [3.63, 3.8) is 0 Å². The zero-order chi connectivity index (χ0) is 15.7. The van der Waals surface area contributed by atoms with Gasteiger partial charge in [-0.05, 0) is 19.8 Å². The highest BCUT2D eigenvalue weighted by atomic mass is 16.4. The van der Waals surface area contributed by atoms with Crippen molar-refractivity contribution in [1.29, 1.82) is 0 Å². The number of carbonyl (C=O) groups excluding carboxylic acids is 1. The molecule has 1 spiro atoms. The van der Waals surface area contributed by atoms with E-state index in [1.807, 2.05) is 6.92 Å². The van der Waals surface area contributed by atoms with Crippen molar-refractivity contribution in [2.45, 2.75) is 38.3 Å². The van der Waals surface area contributed by atoms with Crippen molar-refractivity contribution in [1.82, 2.24) is 20.2 Å². The number of aromatic nitrogens is 2. The number of nitrogens with zero attached hydrogens (tertiary/aromatic N) is 3. The zero-order valence-corrected chi connectivity index (χ0v) is 12.6. The van der Waals surface area contributed by atoms with E-state index in [1.54, 1.807) is 12.4 Å². The molecule has 3 heterocycles. The fraction of sp³-hybridized carbons (Fsp3) is 0.600. The number of hydrogen-bond acceptors (Lipinski definition) is 5. The molecule has 2 aliphatic rings. The van der Waals surface area contributed by atoms with Crippen LogP contribution in [-0.4, -0.2) is 50.5 Å². The summed E-state index contributed by atoms with van der Waals surface area (Å²) in [5, 5.41) is 12.3. The van der Waals surface area contributed by atoms with E-state index in [0.717, 1.165) is 24.5 Å². The summed E-state index contributed by atoms with van der Waals surface area (Å²) in [4.78, 5) is 33.9. The molecule has 22 heavy (non-hydrogen) atoms. The van der Waals surface area contributed by atoms with Crippen molar-refractivity contribution in [3.8, 4) is 0 Å². The lowest BCUT2D eigenvalue weighted by Crippen LogP contribution is -2.55. The number of carbonyl (C=O) groups is 2. The lowest BCUT2D eigenvalue weighted by molar-refractivity contribution is -0.144. The summed E-state index contributed by atoms with van der Waals surface area (Å²) in [6.45, 7) is 4.15. The second kappa shape index (κ2) is 5.64. The van der Waals surface area contributed by atoms with E-state index >= 15 is 0 Å². The molecule has 7 nitrogen and oxygen atoms in total. The van der Waals surface area contributed by atoms with E-state index in [0.29, 0.717) is 19.4 Å². The maximum Gasteiger partial charge on any atom is 0.309 e. The molecule has 1 amide bonds. The highest BCUT2D eigenvalue weighted by molar-refractivity contribution is 5.88. The Hall–Kier alpha value is -2.02. The van der Waals surface area contributed by atoms with Gasteiger partial charge in [0.05, 0.1) is 22.8 Å². The molecule has 7 heteroatoms. The van der Waals surface area contributed by atoms with Crippen molar-refractivity contribution in [3.05, 3.63) is 23.8 Å².